The zero-order valence-electron chi connectivity index (χ0n) is 15.5. The number of carbonyl (C=O) groups excluding carboxylic acids is 1. The lowest BCUT2D eigenvalue weighted by atomic mass is 10.2. The number of guanidine groups is 1. The van der Waals surface area contributed by atoms with Gasteiger partial charge in [-0.05, 0) is 26.5 Å². The largest absolute Gasteiger partial charge is 0.357 e. The Balaban J connectivity index is 2.49. The predicted octanol–water partition coefficient (Wildman–Crippen LogP) is 1.15. The van der Waals surface area contributed by atoms with Gasteiger partial charge in [-0.2, -0.15) is 0 Å². The summed E-state index contributed by atoms with van der Waals surface area (Å²) in [6.45, 7) is 6.75. The average molecular weight is 333 g/mol. The summed E-state index contributed by atoms with van der Waals surface area (Å²) in [6, 6.07) is 10.7. The van der Waals surface area contributed by atoms with E-state index in [2.05, 4.69) is 58.8 Å². The normalized spacial score (nSPS) is 12.8. The summed E-state index contributed by atoms with van der Waals surface area (Å²) < 4.78 is 0. The lowest BCUT2D eigenvalue weighted by Crippen LogP contribution is -2.45. The average Bonchev–Trinajstić information content (AvgIpc) is 2.57. The summed E-state index contributed by atoms with van der Waals surface area (Å²) in [7, 11) is 5.58. The third kappa shape index (κ3) is 7.46. The first-order valence-corrected chi connectivity index (χ1v) is 8.40. The molecule has 0 aliphatic heterocycles. The molecule has 0 saturated carbocycles. The van der Waals surface area contributed by atoms with Gasteiger partial charge in [0.1, 0.15) is 6.54 Å². The van der Waals surface area contributed by atoms with Crippen molar-refractivity contribution in [3.8, 4) is 0 Å². The van der Waals surface area contributed by atoms with Crippen molar-refractivity contribution in [3.05, 3.63) is 35.9 Å². The minimum atomic E-state index is -0.0125. The van der Waals surface area contributed by atoms with Gasteiger partial charge in [0.15, 0.2) is 5.96 Å². The number of nitrogens with zero attached hydrogens (tertiary/aromatic N) is 3. The second-order valence-electron chi connectivity index (χ2n) is 6.11. The smallest absolute Gasteiger partial charge is 0.243 e. The molecule has 1 aromatic carbocycles. The summed E-state index contributed by atoms with van der Waals surface area (Å²) in [4.78, 5) is 19.8. The van der Waals surface area contributed by atoms with Gasteiger partial charge in [-0.1, -0.05) is 30.3 Å². The third-order valence-electron chi connectivity index (χ3n) is 3.81. The molecule has 1 rings (SSSR count). The molecule has 6 heteroatoms. The Morgan fingerprint density at radius 2 is 1.83 bits per heavy atom. The van der Waals surface area contributed by atoms with E-state index in [9.17, 15) is 4.79 Å². The summed E-state index contributed by atoms with van der Waals surface area (Å²) in [6.07, 6.45) is 0. The molecule has 0 aliphatic rings. The number of aliphatic imine (C=N–C) groups is 1. The van der Waals surface area contributed by atoms with Crippen LogP contribution in [0, 0.1) is 0 Å². The molecule has 134 valence electrons. The molecular formula is C18H31N5O. The van der Waals surface area contributed by atoms with E-state index < -0.39 is 0 Å². The fourth-order valence-electron chi connectivity index (χ4n) is 2.06. The fraction of sp³-hybridized carbons (Fsp3) is 0.556. The Bertz CT molecular complexity index is 515. The van der Waals surface area contributed by atoms with Crippen molar-refractivity contribution in [2.24, 2.45) is 4.99 Å². The van der Waals surface area contributed by atoms with Crippen LogP contribution in [0.5, 0.6) is 0 Å². The molecule has 0 radical (unpaired) electrons. The number of benzene rings is 1. The highest BCUT2D eigenvalue weighted by Crippen LogP contribution is 2.05. The second-order valence-corrected chi connectivity index (χ2v) is 6.11. The highest BCUT2D eigenvalue weighted by Gasteiger charge is 2.11. The zero-order valence-corrected chi connectivity index (χ0v) is 15.5. The van der Waals surface area contributed by atoms with Crippen LogP contribution in [0.15, 0.2) is 35.3 Å². The van der Waals surface area contributed by atoms with Crippen molar-refractivity contribution in [1.29, 1.82) is 0 Å². The van der Waals surface area contributed by atoms with Crippen LogP contribution < -0.4 is 10.6 Å². The Morgan fingerprint density at radius 3 is 2.42 bits per heavy atom. The van der Waals surface area contributed by atoms with E-state index in [1.54, 1.807) is 19.0 Å². The summed E-state index contributed by atoms with van der Waals surface area (Å²) >= 11 is 0. The first kappa shape index (κ1) is 20.0. The van der Waals surface area contributed by atoms with Crippen LogP contribution >= 0.6 is 0 Å². The Morgan fingerprint density at radius 1 is 1.17 bits per heavy atom. The number of hydrogen-bond donors (Lipinski definition) is 2. The molecule has 1 unspecified atom stereocenters. The molecule has 1 amide bonds. The zero-order chi connectivity index (χ0) is 17.9. The van der Waals surface area contributed by atoms with Crippen LogP contribution in [0.25, 0.3) is 0 Å². The van der Waals surface area contributed by atoms with E-state index in [1.165, 1.54) is 5.56 Å². The van der Waals surface area contributed by atoms with E-state index in [1.807, 2.05) is 13.0 Å². The third-order valence-corrected chi connectivity index (χ3v) is 3.81. The van der Waals surface area contributed by atoms with Crippen LogP contribution in [0.2, 0.25) is 0 Å². The Hall–Kier alpha value is -2.08. The predicted molar refractivity (Wildman–Crippen MR) is 100 cm³/mol. The SMILES string of the molecule is CCNC(=NCC(=O)N(C)C)NCC(C)N(C)Cc1ccccc1. The molecule has 0 aliphatic carbocycles. The van der Waals surface area contributed by atoms with E-state index in [0.29, 0.717) is 12.0 Å². The monoisotopic (exact) mass is 333 g/mol. The van der Waals surface area contributed by atoms with Gasteiger partial charge in [0, 0.05) is 39.8 Å². The molecule has 1 aromatic rings. The maximum atomic E-state index is 11.7. The number of nitrogens with one attached hydrogen (secondary N) is 2. The second kappa shape index (κ2) is 10.6. The van der Waals surface area contributed by atoms with Gasteiger partial charge in [-0.25, -0.2) is 4.99 Å². The van der Waals surface area contributed by atoms with Gasteiger partial charge in [0.2, 0.25) is 5.91 Å². The van der Waals surface area contributed by atoms with Gasteiger partial charge < -0.3 is 15.5 Å². The maximum absolute atomic E-state index is 11.7. The van der Waals surface area contributed by atoms with Gasteiger partial charge >= 0.3 is 0 Å². The van der Waals surface area contributed by atoms with Crippen molar-refractivity contribution >= 4 is 11.9 Å². The van der Waals surface area contributed by atoms with Crippen molar-refractivity contribution < 1.29 is 4.79 Å². The van der Waals surface area contributed by atoms with Crippen LogP contribution in [0.1, 0.15) is 19.4 Å². The molecule has 1 atom stereocenters. The van der Waals surface area contributed by atoms with Crippen LogP contribution in [-0.2, 0) is 11.3 Å². The molecule has 0 heterocycles. The first-order valence-electron chi connectivity index (χ1n) is 8.40. The fourth-order valence-corrected chi connectivity index (χ4v) is 2.06. The molecule has 0 aromatic heterocycles. The minimum absolute atomic E-state index is 0.0125. The van der Waals surface area contributed by atoms with E-state index >= 15 is 0 Å². The van der Waals surface area contributed by atoms with Crippen molar-refractivity contribution in [1.82, 2.24) is 20.4 Å². The number of hydrogen-bond acceptors (Lipinski definition) is 3. The van der Waals surface area contributed by atoms with Crippen LogP contribution in [0.4, 0.5) is 0 Å². The van der Waals surface area contributed by atoms with Crippen molar-refractivity contribution in [3.63, 3.8) is 0 Å². The Kier molecular flexibility index (Phi) is 8.86. The molecule has 0 spiro atoms. The molecule has 2 N–H and O–H groups in total. The minimum Gasteiger partial charge on any atom is -0.357 e. The molecule has 0 saturated heterocycles. The quantitative estimate of drug-likeness (QED) is 0.553. The summed E-state index contributed by atoms with van der Waals surface area (Å²) in [5, 5.41) is 6.48. The van der Waals surface area contributed by atoms with Gasteiger partial charge in [0.05, 0.1) is 0 Å². The molecule has 24 heavy (non-hydrogen) atoms. The highest BCUT2D eigenvalue weighted by atomic mass is 16.2. The maximum Gasteiger partial charge on any atom is 0.243 e. The number of rotatable bonds is 8. The van der Waals surface area contributed by atoms with Crippen LogP contribution in [0.3, 0.4) is 0 Å². The van der Waals surface area contributed by atoms with Gasteiger partial charge in [-0.3, -0.25) is 9.69 Å². The highest BCUT2D eigenvalue weighted by molar-refractivity contribution is 5.84. The number of carbonyl (C=O) groups is 1. The van der Waals surface area contributed by atoms with Crippen molar-refractivity contribution in [2.45, 2.75) is 26.4 Å². The van der Waals surface area contributed by atoms with Gasteiger partial charge in [-0.15, -0.1) is 0 Å². The number of amides is 1. The number of likely N-dealkylation sites (N-methyl/N-ethyl adjacent to an activating group) is 2. The molecule has 0 bridgehead atoms. The lowest BCUT2D eigenvalue weighted by molar-refractivity contribution is -0.127. The summed E-state index contributed by atoms with van der Waals surface area (Å²) in [5.74, 6) is 0.661. The molecule has 6 nitrogen and oxygen atoms in total. The first-order chi connectivity index (χ1) is 11.4. The topological polar surface area (TPSA) is 60.0 Å². The van der Waals surface area contributed by atoms with E-state index in [0.717, 1.165) is 19.6 Å². The summed E-state index contributed by atoms with van der Waals surface area (Å²) in [5.41, 5.74) is 1.30. The lowest BCUT2D eigenvalue weighted by Gasteiger charge is -2.26. The standard InChI is InChI=1S/C18H31N5O/c1-6-19-18(21-13-17(24)22(3)4)20-12-15(2)23(5)14-16-10-8-7-9-11-16/h7-11,15H,6,12-14H2,1-5H3,(H2,19,20,21). The van der Waals surface area contributed by atoms with Gasteiger partial charge in [0.25, 0.3) is 0 Å². The van der Waals surface area contributed by atoms with Crippen LogP contribution in [-0.4, -0.2) is 68.5 Å². The van der Waals surface area contributed by atoms with E-state index in [4.69, 9.17) is 0 Å². The Labute approximate surface area is 145 Å². The molecule has 0 fully saturated rings. The van der Waals surface area contributed by atoms with E-state index in [-0.39, 0.29) is 12.5 Å². The molecular weight excluding hydrogens is 302 g/mol. The van der Waals surface area contributed by atoms with Crippen molar-refractivity contribution in [2.75, 3.05) is 40.8 Å².